The summed E-state index contributed by atoms with van der Waals surface area (Å²) in [6, 6.07) is 3.75. The predicted molar refractivity (Wildman–Crippen MR) is 113 cm³/mol. The topological polar surface area (TPSA) is 46.9 Å². The van der Waals surface area contributed by atoms with Crippen LogP contribution in [0.5, 0.6) is 0 Å². The van der Waals surface area contributed by atoms with Gasteiger partial charge in [-0.05, 0) is 48.9 Å². The molecule has 0 bridgehead atoms. The maximum atomic E-state index is 9.00. The van der Waals surface area contributed by atoms with Crippen LogP contribution >= 0.6 is 48.3 Å². The lowest BCUT2D eigenvalue weighted by molar-refractivity contribution is 0.321. The summed E-state index contributed by atoms with van der Waals surface area (Å²) in [5, 5.41) is 18.0. The van der Waals surface area contributed by atoms with Gasteiger partial charge in [0.05, 0.1) is 13.2 Å². The predicted octanol–water partition coefficient (Wildman–Crippen LogP) is 2.55. The number of thiocarbonyl (C=S) groups is 2. The molecule has 0 saturated carbocycles. The Balaban J connectivity index is 3.23. The second-order valence-electron chi connectivity index (χ2n) is 4.85. The highest BCUT2D eigenvalue weighted by Crippen LogP contribution is 2.26. The van der Waals surface area contributed by atoms with E-state index in [2.05, 4.69) is 13.8 Å². The van der Waals surface area contributed by atoms with Gasteiger partial charge in [0.25, 0.3) is 0 Å². The van der Waals surface area contributed by atoms with Crippen LogP contribution in [0.15, 0.2) is 12.1 Å². The summed E-state index contributed by atoms with van der Waals surface area (Å²) >= 11 is 14.1. The van der Waals surface area contributed by atoms with Gasteiger partial charge in [0.2, 0.25) is 0 Å². The van der Waals surface area contributed by atoms with Crippen molar-refractivity contribution >= 4 is 58.3 Å². The number of aliphatic hydroxyl groups is 2. The summed E-state index contributed by atoms with van der Waals surface area (Å²) in [5.41, 5.74) is 3.13. The maximum Gasteiger partial charge on any atom is 0.119 e. The summed E-state index contributed by atoms with van der Waals surface area (Å²) in [5.74, 6) is 1.11. The van der Waals surface area contributed by atoms with Crippen LogP contribution in [-0.4, -0.2) is 67.6 Å². The van der Waals surface area contributed by atoms with Crippen LogP contribution in [0.1, 0.15) is 22.3 Å². The summed E-state index contributed by atoms with van der Waals surface area (Å²) < 4.78 is 3.67. The zero-order chi connectivity index (χ0) is 18.3. The first-order valence-corrected chi connectivity index (χ1v) is 9.89. The minimum atomic E-state index is 0.0794. The highest BCUT2D eigenvalue weighted by molar-refractivity contribution is 7.99. The normalized spacial score (nSPS) is 10.6. The fourth-order valence-electron chi connectivity index (χ4n) is 1.97. The van der Waals surface area contributed by atoms with Crippen molar-refractivity contribution in [1.29, 1.82) is 0 Å². The molecule has 0 aliphatic carbocycles. The lowest BCUT2D eigenvalue weighted by Gasteiger charge is -2.26. The lowest BCUT2D eigenvalue weighted by atomic mass is 9.97. The van der Waals surface area contributed by atoms with Gasteiger partial charge in [-0.2, -0.15) is 0 Å². The molecule has 2 N–H and O–H groups in total. The molecule has 1 aromatic carbocycles. The second kappa shape index (κ2) is 10.6. The molecule has 132 valence electrons. The van der Waals surface area contributed by atoms with Gasteiger partial charge < -0.3 is 18.8 Å². The summed E-state index contributed by atoms with van der Waals surface area (Å²) in [6.45, 7) is 8.33. The molecule has 2 radical (unpaired) electrons. The van der Waals surface area contributed by atoms with Crippen molar-refractivity contribution in [2.75, 3.05) is 38.8 Å². The van der Waals surface area contributed by atoms with E-state index in [-0.39, 0.29) is 13.2 Å². The van der Waals surface area contributed by atoms with Gasteiger partial charge in [-0.25, -0.2) is 0 Å². The Bertz CT molecular complexity index is 545. The third-order valence-electron chi connectivity index (χ3n) is 3.13. The Morgan fingerprint density at radius 1 is 0.917 bits per heavy atom. The van der Waals surface area contributed by atoms with Crippen LogP contribution in [0.2, 0.25) is 0 Å². The van der Waals surface area contributed by atoms with E-state index >= 15 is 0 Å². The number of nitrogens with zero attached hydrogens (tertiary/aromatic N) is 2. The Kier molecular flexibility index (Phi) is 9.54. The molecule has 0 fully saturated rings. The number of aliphatic hydroxyl groups excluding tert-OH is 2. The largest absolute Gasteiger partial charge is 0.395 e. The van der Waals surface area contributed by atoms with Crippen LogP contribution in [0, 0.1) is 13.8 Å². The SMILES string of the molecule is [CH2]c1ccc([CH2])c(C(=S)N(C)SCCO)c1C(=S)N(C)SCCO. The van der Waals surface area contributed by atoms with Gasteiger partial charge in [-0.1, -0.05) is 36.6 Å². The Morgan fingerprint density at radius 3 is 1.54 bits per heavy atom. The molecule has 24 heavy (non-hydrogen) atoms. The van der Waals surface area contributed by atoms with E-state index < -0.39 is 0 Å². The Hall–Kier alpha value is -0.380. The van der Waals surface area contributed by atoms with Crippen molar-refractivity contribution in [1.82, 2.24) is 8.61 Å². The standard InChI is InChI=1S/C16H22N2O2S4/c1-11-5-6-12(2)14(16(22)18(4)24-10-8-20)13(11)15(21)17(3)23-9-7-19/h5-6,19-20H,1-2,7-10H2,3-4H3. The van der Waals surface area contributed by atoms with Gasteiger partial charge in [0.1, 0.15) is 9.98 Å². The van der Waals surface area contributed by atoms with Gasteiger partial charge in [-0.15, -0.1) is 0 Å². The number of hydrogen-bond acceptors (Lipinski definition) is 6. The van der Waals surface area contributed by atoms with Crippen molar-refractivity contribution < 1.29 is 10.2 Å². The van der Waals surface area contributed by atoms with E-state index in [0.717, 1.165) is 22.3 Å². The molecule has 0 spiro atoms. The number of hydrogen-bond donors (Lipinski definition) is 2. The van der Waals surface area contributed by atoms with Crippen LogP contribution in [0.4, 0.5) is 0 Å². The molecule has 0 aliphatic heterocycles. The van der Waals surface area contributed by atoms with E-state index in [4.69, 9.17) is 34.6 Å². The first-order chi connectivity index (χ1) is 11.3. The van der Waals surface area contributed by atoms with E-state index in [1.54, 1.807) is 0 Å². The van der Waals surface area contributed by atoms with Crippen molar-refractivity contribution in [2.24, 2.45) is 0 Å². The molecule has 0 atom stereocenters. The van der Waals surface area contributed by atoms with Crippen LogP contribution in [0.3, 0.4) is 0 Å². The fraction of sp³-hybridized carbons (Fsp3) is 0.375. The molecule has 0 unspecified atom stereocenters. The molecular formula is C16H22N2O2S4. The average molecular weight is 403 g/mol. The first-order valence-electron chi connectivity index (χ1n) is 7.19. The van der Waals surface area contributed by atoms with Crippen LogP contribution in [0.25, 0.3) is 0 Å². The van der Waals surface area contributed by atoms with E-state index in [1.807, 2.05) is 34.8 Å². The van der Waals surface area contributed by atoms with Crippen molar-refractivity contribution in [3.8, 4) is 0 Å². The molecule has 1 rings (SSSR count). The van der Waals surface area contributed by atoms with Gasteiger partial charge >= 0.3 is 0 Å². The van der Waals surface area contributed by atoms with Crippen molar-refractivity contribution in [3.63, 3.8) is 0 Å². The Labute approximate surface area is 163 Å². The highest BCUT2D eigenvalue weighted by atomic mass is 32.2. The third kappa shape index (κ3) is 5.57. The monoisotopic (exact) mass is 402 g/mol. The minimum Gasteiger partial charge on any atom is -0.395 e. The molecule has 0 saturated heterocycles. The number of rotatable bonds is 8. The van der Waals surface area contributed by atoms with Gasteiger partial charge in [-0.3, -0.25) is 0 Å². The molecule has 0 amide bonds. The lowest BCUT2D eigenvalue weighted by Crippen LogP contribution is -2.27. The van der Waals surface area contributed by atoms with Crippen LogP contribution in [-0.2, 0) is 0 Å². The van der Waals surface area contributed by atoms with Crippen molar-refractivity contribution in [2.45, 2.75) is 0 Å². The zero-order valence-electron chi connectivity index (χ0n) is 13.8. The molecule has 0 aliphatic rings. The molecule has 0 aromatic heterocycles. The second-order valence-corrected chi connectivity index (χ2v) is 8.05. The van der Waals surface area contributed by atoms with Crippen LogP contribution < -0.4 is 0 Å². The number of benzene rings is 1. The van der Waals surface area contributed by atoms with E-state index in [0.29, 0.717) is 21.5 Å². The third-order valence-corrected chi connectivity index (χ3v) is 6.19. The van der Waals surface area contributed by atoms with Gasteiger partial charge in [0, 0.05) is 36.7 Å². The first kappa shape index (κ1) is 21.7. The van der Waals surface area contributed by atoms with Gasteiger partial charge in [0.15, 0.2) is 0 Å². The zero-order valence-corrected chi connectivity index (χ0v) is 17.1. The smallest absolute Gasteiger partial charge is 0.119 e. The average Bonchev–Trinajstić information content (AvgIpc) is 2.57. The maximum absolute atomic E-state index is 9.00. The summed E-state index contributed by atoms with van der Waals surface area (Å²) in [6.07, 6.45) is 0. The minimum absolute atomic E-state index is 0.0794. The van der Waals surface area contributed by atoms with E-state index in [9.17, 15) is 0 Å². The molecular weight excluding hydrogens is 380 g/mol. The highest BCUT2D eigenvalue weighted by Gasteiger charge is 2.21. The summed E-state index contributed by atoms with van der Waals surface area (Å²) in [7, 11) is 3.71. The molecule has 1 aromatic rings. The molecule has 4 nitrogen and oxygen atoms in total. The van der Waals surface area contributed by atoms with E-state index in [1.165, 1.54) is 23.9 Å². The quantitative estimate of drug-likeness (QED) is 0.508. The molecule has 0 heterocycles. The molecule has 8 heteroatoms. The summed E-state index contributed by atoms with van der Waals surface area (Å²) in [4.78, 5) is 1.20. The fourth-order valence-corrected chi connectivity index (χ4v) is 3.88. The Morgan fingerprint density at radius 2 is 1.25 bits per heavy atom. The van der Waals surface area contributed by atoms with Crippen molar-refractivity contribution in [3.05, 3.63) is 48.2 Å².